The minimum Gasteiger partial charge on any atom is -0.412 e. The summed E-state index contributed by atoms with van der Waals surface area (Å²) in [6.07, 6.45) is -0.682. The van der Waals surface area contributed by atoms with E-state index in [9.17, 15) is 4.79 Å². The van der Waals surface area contributed by atoms with Crippen molar-refractivity contribution >= 4 is 20.3 Å². The second-order valence-corrected chi connectivity index (χ2v) is 4.22. The molecule has 0 amide bonds. The Hall–Kier alpha value is -1.86. The van der Waals surface area contributed by atoms with Gasteiger partial charge < -0.3 is 9.26 Å². The summed E-state index contributed by atoms with van der Waals surface area (Å²) < 4.78 is 9.98. The Balaban J connectivity index is 1.83. The van der Waals surface area contributed by atoms with E-state index in [4.69, 9.17) is 9.26 Å². The van der Waals surface area contributed by atoms with Gasteiger partial charge in [0.25, 0.3) is 0 Å². The van der Waals surface area contributed by atoms with Crippen LogP contribution in [0.5, 0.6) is 5.75 Å². The van der Waals surface area contributed by atoms with Gasteiger partial charge in [-0.15, -0.1) is 0 Å². The summed E-state index contributed by atoms with van der Waals surface area (Å²) in [6, 6.07) is 18.3. The summed E-state index contributed by atoms with van der Waals surface area (Å²) in [5.41, 5.74) is 0. The Morgan fingerprint density at radius 1 is 0.882 bits per heavy atom. The molecule has 0 radical (unpaired) electrons. The fourth-order valence-corrected chi connectivity index (χ4v) is 1.78. The molecular weight excluding hydrogens is 235 g/mol. The van der Waals surface area contributed by atoms with Crippen molar-refractivity contribution in [2.45, 2.75) is 0 Å². The van der Waals surface area contributed by atoms with Crippen LogP contribution in [0.3, 0.4) is 0 Å². The first-order valence-electron chi connectivity index (χ1n) is 5.09. The quantitative estimate of drug-likeness (QED) is 0.474. The van der Waals surface area contributed by atoms with E-state index in [-0.39, 0.29) is 8.81 Å². The molecule has 0 saturated heterocycles. The molecule has 3 nitrogen and oxygen atoms in total. The molecule has 1 atom stereocenters. The number of hydrogen-bond donors (Lipinski definition) is 0. The van der Waals surface area contributed by atoms with Gasteiger partial charge in [-0.1, -0.05) is 48.5 Å². The van der Waals surface area contributed by atoms with Gasteiger partial charge in [0.15, 0.2) is 0 Å². The summed E-state index contributed by atoms with van der Waals surface area (Å²) in [6.45, 7) is 0. The number of hydrogen-bond acceptors (Lipinski definition) is 3. The molecule has 0 N–H and O–H groups in total. The molecule has 86 valence electrons. The minimum atomic E-state index is -0.682. The summed E-state index contributed by atoms with van der Waals surface area (Å²) in [7, 11) is -0.0380. The topological polar surface area (TPSA) is 35.5 Å². The highest BCUT2D eigenvalue weighted by Gasteiger charge is 2.05. The van der Waals surface area contributed by atoms with Gasteiger partial charge in [-0.05, 0) is 12.1 Å². The molecule has 0 aromatic heterocycles. The normalized spacial score (nSPS) is 10.4. The number of carbonyl (C=O) groups is 1. The molecule has 1 unspecified atom stereocenters. The second-order valence-electron chi connectivity index (χ2n) is 3.24. The van der Waals surface area contributed by atoms with Crippen LogP contribution in [0, 0.1) is 0 Å². The van der Waals surface area contributed by atoms with Crippen LogP contribution in [0.4, 0.5) is 4.79 Å². The number of ether oxygens (including phenoxy) is 1. The summed E-state index contributed by atoms with van der Waals surface area (Å²) in [4.78, 5) is 11.3. The summed E-state index contributed by atoms with van der Waals surface area (Å²) in [5, 5.41) is 0.956. The van der Waals surface area contributed by atoms with Gasteiger partial charge in [0, 0.05) is 5.30 Å². The molecule has 0 aliphatic carbocycles. The summed E-state index contributed by atoms with van der Waals surface area (Å²) in [5.74, 6) is 0.482. The maximum Gasteiger partial charge on any atom is 0.516 e. The zero-order valence-corrected chi connectivity index (χ0v) is 10.00. The monoisotopic (exact) mass is 246 g/mol. The largest absolute Gasteiger partial charge is 0.516 e. The fourth-order valence-electron chi connectivity index (χ4n) is 1.21. The molecule has 2 aromatic rings. The average molecular weight is 246 g/mol. The minimum absolute atomic E-state index is 0.0380. The first-order chi connectivity index (χ1) is 8.34. The average Bonchev–Trinajstić information content (AvgIpc) is 2.39. The molecule has 2 aromatic carbocycles. The predicted octanol–water partition coefficient (Wildman–Crippen LogP) is 3.12. The molecule has 0 saturated carbocycles. The Kier molecular flexibility index (Phi) is 4.11. The van der Waals surface area contributed by atoms with Crippen LogP contribution in [0.15, 0.2) is 60.7 Å². The molecule has 0 aliphatic rings. The van der Waals surface area contributed by atoms with E-state index in [0.29, 0.717) is 5.75 Å². The summed E-state index contributed by atoms with van der Waals surface area (Å²) >= 11 is 0. The maximum absolute atomic E-state index is 11.3. The van der Waals surface area contributed by atoms with E-state index in [2.05, 4.69) is 0 Å². The van der Waals surface area contributed by atoms with Gasteiger partial charge in [-0.2, -0.15) is 0 Å². The lowest BCUT2D eigenvalue weighted by molar-refractivity contribution is 0.159. The lowest BCUT2D eigenvalue weighted by Gasteiger charge is -2.04. The number of para-hydroxylation sites is 1. The van der Waals surface area contributed by atoms with E-state index in [1.54, 1.807) is 24.3 Å². The molecule has 0 heterocycles. The highest BCUT2D eigenvalue weighted by molar-refractivity contribution is 7.42. The van der Waals surface area contributed by atoms with Crippen LogP contribution >= 0.6 is 8.81 Å². The molecule has 0 bridgehead atoms. The molecule has 0 spiro atoms. The van der Waals surface area contributed by atoms with E-state index in [0.717, 1.165) is 5.30 Å². The molecule has 0 fully saturated rings. The van der Waals surface area contributed by atoms with Crippen molar-refractivity contribution in [3.8, 4) is 5.75 Å². The van der Waals surface area contributed by atoms with Crippen LogP contribution < -0.4 is 10.0 Å². The standard InChI is InChI=1S/C13H11O3P/c14-13(15-11-7-3-1-4-8-11)16-17-12-9-5-2-6-10-12/h1-10,17H. The van der Waals surface area contributed by atoms with Crippen molar-refractivity contribution in [2.24, 2.45) is 0 Å². The van der Waals surface area contributed by atoms with Crippen molar-refractivity contribution in [3.05, 3.63) is 60.7 Å². The van der Waals surface area contributed by atoms with Crippen LogP contribution in [0.25, 0.3) is 0 Å². The fraction of sp³-hybridized carbons (Fsp3) is 0. The zero-order chi connectivity index (χ0) is 11.9. The van der Waals surface area contributed by atoms with E-state index in [1.807, 2.05) is 36.4 Å². The van der Waals surface area contributed by atoms with Crippen LogP contribution in [0.1, 0.15) is 0 Å². The van der Waals surface area contributed by atoms with Crippen molar-refractivity contribution in [3.63, 3.8) is 0 Å². The van der Waals surface area contributed by atoms with Gasteiger partial charge in [-0.25, -0.2) is 4.79 Å². The van der Waals surface area contributed by atoms with Crippen molar-refractivity contribution in [1.29, 1.82) is 0 Å². The van der Waals surface area contributed by atoms with Gasteiger partial charge in [0.2, 0.25) is 0 Å². The van der Waals surface area contributed by atoms with Gasteiger partial charge >= 0.3 is 6.16 Å². The van der Waals surface area contributed by atoms with Crippen LogP contribution in [-0.4, -0.2) is 6.16 Å². The van der Waals surface area contributed by atoms with Crippen LogP contribution in [-0.2, 0) is 4.52 Å². The SMILES string of the molecule is O=C(OPc1ccccc1)Oc1ccccc1. The molecule has 17 heavy (non-hydrogen) atoms. The van der Waals surface area contributed by atoms with E-state index in [1.165, 1.54) is 0 Å². The third kappa shape index (κ3) is 3.89. The smallest absolute Gasteiger partial charge is 0.412 e. The number of carbonyl (C=O) groups excluding carboxylic acids is 1. The molecule has 4 heteroatoms. The first-order valence-corrected chi connectivity index (χ1v) is 6.00. The Labute approximate surface area is 101 Å². The third-order valence-electron chi connectivity index (χ3n) is 1.97. The number of rotatable bonds is 3. The first kappa shape index (κ1) is 11.6. The van der Waals surface area contributed by atoms with Crippen molar-refractivity contribution < 1.29 is 14.1 Å². The maximum atomic E-state index is 11.3. The van der Waals surface area contributed by atoms with Crippen molar-refractivity contribution in [2.75, 3.05) is 0 Å². The van der Waals surface area contributed by atoms with E-state index < -0.39 is 6.16 Å². The second kappa shape index (κ2) is 6.02. The number of benzene rings is 2. The molecule has 2 rings (SSSR count). The Bertz CT molecular complexity index is 471. The van der Waals surface area contributed by atoms with Gasteiger partial charge in [0.05, 0.1) is 0 Å². The molecule has 0 aliphatic heterocycles. The zero-order valence-electron chi connectivity index (χ0n) is 9.00. The lowest BCUT2D eigenvalue weighted by atomic mass is 10.3. The Morgan fingerprint density at radius 2 is 1.47 bits per heavy atom. The highest BCUT2D eigenvalue weighted by atomic mass is 31.1. The van der Waals surface area contributed by atoms with E-state index >= 15 is 0 Å². The predicted molar refractivity (Wildman–Crippen MR) is 67.9 cm³/mol. The van der Waals surface area contributed by atoms with Gasteiger partial charge in [0.1, 0.15) is 14.6 Å². The Morgan fingerprint density at radius 3 is 2.12 bits per heavy atom. The van der Waals surface area contributed by atoms with Gasteiger partial charge in [-0.3, -0.25) is 0 Å². The third-order valence-corrected chi connectivity index (χ3v) is 2.81. The molecular formula is C13H11O3P. The van der Waals surface area contributed by atoms with Crippen molar-refractivity contribution in [1.82, 2.24) is 0 Å². The van der Waals surface area contributed by atoms with Crippen LogP contribution in [0.2, 0.25) is 0 Å². The highest BCUT2D eigenvalue weighted by Crippen LogP contribution is 2.15. The lowest BCUT2D eigenvalue weighted by Crippen LogP contribution is -2.07.